The molecule has 0 bridgehead atoms. The van der Waals surface area contributed by atoms with E-state index < -0.39 is 0 Å². The fourth-order valence-electron chi connectivity index (χ4n) is 1.75. The molecule has 0 heterocycles. The standard InChI is InChI=1S/C15H12BrClN2O2/c1-9(20)18-11-3-2-4-12(8-11)19-15(21)13-6-5-10(17)7-14(13)16/h2-8H,1H3,(H,18,20)(H,19,21). The Hall–Kier alpha value is -1.85. The number of halogens is 2. The molecule has 6 heteroatoms. The Morgan fingerprint density at radius 3 is 2.33 bits per heavy atom. The number of rotatable bonds is 3. The molecule has 0 atom stereocenters. The average Bonchev–Trinajstić information content (AvgIpc) is 2.37. The number of amides is 2. The summed E-state index contributed by atoms with van der Waals surface area (Å²) in [5.74, 6) is -0.433. The van der Waals surface area contributed by atoms with Crippen LogP contribution in [0.1, 0.15) is 17.3 Å². The van der Waals surface area contributed by atoms with Crippen molar-refractivity contribution >= 4 is 50.7 Å². The molecule has 0 fully saturated rings. The van der Waals surface area contributed by atoms with E-state index in [0.29, 0.717) is 26.4 Å². The van der Waals surface area contributed by atoms with Gasteiger partial charge in [-0.25, -0.2) is 0 Å². The van der Waals surface area contributed by atoms with Gasteiger partial charge in [-0.2, -0.15) is 0 Å². The van der Waals surface area contributed by atoms with Gasteiger partial charge in [0.1, 0.15) is 0 Å². The summed E-state index contributed by atoms with van der Waals surface area (Å²) >= 11 is 9.16. The zero-order valence-electron chi connectivity index (χ0n) is 11.1. The second-order valence-electron chi connectivity index (χ2n) is 4.34. The fourth-order valence-corrected chi connectivity index (χ4v) is 2.61. The highest BCUT2D eigenvalue weighted by molar-refractivity contribution is 9.10. The lowest BCUT2D eigenvalue weighted by molar-refractivity contribution is -0.114. The Morgan fingerprint density at radius 2 is 1.71 bits per heavy atom. The van der Waals surface area contributed by atoms with Gasteiger partial charge >= 0.3 is 0 Å². The van der Waals surface area contributed by atoms with Crippen LogP contribution in [0.4, 0.5) is 11.4 Å². The summed E-state index contributed by atoms with van der Waals surface area (Å²) in [4.78, 5) is 23.2. The number of hydrogen-bond acceptors (Lipinski definition) is 2. The minimum absolute atomic E-state index is 0.168. The highest BCUT2D eigenvalue weighted by Gasteiger charge is 2.11. The smallest absolute Gasteiger partial charge is 0.256 e. The maximum atomic E-state index is 12.2. The first-order valence-electron chi connectivity index (χ1n) is 6.10. The first-order valence-corrected chi connectivity index (χ1v) is 7.27. The van der Waals surface area contributed by atoms with E-state index in [1.54, 1.807) is 42.5 Å². The molecule has 0 radical (unpaired) electrons. The van der Waals surface area contributed by atoms with E-state index in [2.05, 4.69) is 26.6 Å². The maximum absolute atomic E-state index is 12.2. The Bertz CT molecular complexity index is 704. The summed E-state index contributed by atoms with van der Waals surface area (Å²) in [5.41, 5.74) is 1.69. The summed E-state index contributed by atoms with van der Waals surface area (Å²) in [7, 11) is 0. The number of hydrogen-bond donors (Lipinski definition) is 2. The van der Waals surface area contributed by atoms with Gasteiger partial charge < -0.3 is 10.6 Å². The molecule has 21 heavy (non-hydrogen) atoms. The molecule has 0 unspecified atom stereocenters. The highest BCUT2D eigenvalue weighted by Crippen LogP contribution is 2.23. The molecule has 2 aromatic rings. The Morgan fingerprint density at radius 1 is 1.05 bits per heavy atom. The molecule has 4 nitrogen and oxygen atoms in total. The van der Waals surface area contributed by atoms with Gasteiger partial charge in [-0.15, -0.1) is 0 Å². The van der Waals surface area contributed by atoms with E-state index in [0.717, 1.165) is 0 Å². The topological polar surface area (TPSA) is 58.2 Å². The fraction of sp³-hybridized carbons (Fsp3) is 0.0667. The third-order valence-electron chi connectivity index (χ3n) is 2.62. The van der Waals surface area contributed by atoms with Crippen molar-refractivity contribution in [1.29, 1.82) is 0 Å². The van der Waals surface area contributed by atoms with Gasteiger partial charge in [-0.05, 0) is 52.3 Å². The third-order valence-corrected chi connectivity index (χ3v) is 3.51. The van der Waals surface area contributed by atoms with Gasteiger partial charge in [0, 0.05) is 27.8 Å². The van der Waals surface area contributed by atoms with Crippen molar-refractivity contribution in [3.8, 4) is 0 Å². The molecule has 0 aliphatic rings. The predicted molar refractivity (Wildman–Crippen MR) is 87.9 cm³/mol. The Balaban J connectivity index is 2.17. The van der Waals surface area contributed by atoms with Crippen LogP contribution in [0.2, 0.25) is 5.02 Å². The van der Waals surface area contributed by atoms with Crippen molar-refractivity contribution < 1.29 is 9.59 Å². The van der Waals surface area contributed by atoms with Crippen LogP contribution in [0.5, 0.6) is 0 Å². The molecule has 2 amide bonds. The van der Waals surface area contributed by atoms with Crippen LogP contribution in [-0.4, -0.2) is 11.8 Å². The van der Waals surface area contributed by atoms with Crippen molar-refractivity contribution in [3.63, 3.8) is 0 Å². The maximum Gasteiger partial charge on any atom is 0.256 e. The van der Waals surface area contributed by atoms with Crippen LogP contribution in [-0.2, 0) is 4.79 Å². The number of nitrogens with one attached hydrogen (secondary N) is 2. The van der Waals surface area contributed by atoms with E-state index in [1.807, 2.05) is 0 Å². The van der Waals surface area contributed by atoms with E-state index in [1.165, 1.54) is 6.92 Å². The molecule has 0 aliphatic heterocycles. The zero-order chi connectivity index (χ0) is 15.4. The van der Waals surface area contributed by atoms with Crippen LogP contribution in [0.25, 0.3) is 0 Å². The minimum Gasteiger partial charge on any atom is -0.326 e. The number of carbonyl (C=O) groups excluding carboxylic acids is 2. The van der Waals surface area contributed by atoms with Crippen molar-refractivity contribution in [1.82, 2.24) is 0 Å². The number of benzene rings is 2. The van der Waals surface area contributed by atoms with Crippen molar-refractivity contribution in [2.45, 2.75) is 6.92 Å². The molecule has 2 rings (SSSR count). The molecule has 0 saturated carbocycles. The SMILES string of the molecule is CC(=O)Nc1cccc(NC(=O)c2ccc(Cl)cc2Br)c1. The van der Waals surface area contributed by atoms with E-state index in [-0.39, 0.29) is 11.8 Å². The summed E-state index contributed by atoms with van der Waals surface area (Å²) in [6, 6.07) is 11.9. The Kier molecular flexibility index (Phi) is 4.98. The third kappa shape index (κ3) is 4.31. The monoisotopic (exact) mass is 366 g/mol. The molecular formula is C15H12BrClN2O2. The van der Waals surface area contributed by atoms with Gasteiger partial charge in [0.2, 0.25) is 5.91 Å². The normalized spacial score (nSPS) is 10.0. The zero-order valence-corrected chi connectivity index (χ0v) is 13.5. The van der Waals surface area contributed by atoms with Gasteiger partial charge in [0.05, 0.1) is 5.56 Å². The van der Waals surface area contributed by atoms with Gasteiger partial charge in [0.15, 0.2) is 0 Å². The molecule has 0 aliphatic carbocycles. The van der Waals surface area contributed by atoms with Crippen LogP contribution in [0, 0.1) is 0 Å². The molecule has 0 saturated heterocycles. The second-order valence-corrected chi connectivity index (χ2v) is 5.63. The van der Waals surface area contributed by atoms with E-state index >= 15 is 0 Å². The first kappa shape index (κ1) is 15.5. The van der Waals surface area contributed by atoms with Crippen LogP contribution in [0.3, 0.4) is 0 Å². The lowest BCUT2D eigenvalue weighted by Gasteiger charge is -2.09. The van der Waals surface area contributed by atoms with Crippen molar-refractivity contribution in [3.05, 3.63) is 57.5 Å². The highest BCUT2D eigenvalue weighted by atomic mass is 79.9. The summed E-state index contributed by atoms with van der Waals surface area (Å²) < 4.78 is 0.616. The van der Waals surface area contributed by atoms with Gasteiger partial charge in [0.25, 0.3) is 5.91 Å². The number of carbonyl (C=O) groups is 2. The van der Waals surface area contributed by atoms with Gasteiger partial charge in [-0.1, -0.05) is 17.7 Å². The van der Waals surface area contributed by atoms with Crippen molar-refractivity contribution in [2.75, 3.05) is 10.6 Å². The lowest BCUT2D eigenvalue weighted by Crippen LogP contribution is -2.13. The average molecular weight is 368 g/mol. The summed E-state index contributed by atoms with van der Waals surface area (Å²) in [6.07, 6.45) is 0. The largest absolute Gasteiger partial charge is 0.326 e. The van der Waals surface area contributed by atoms with E-state index in [9.17, 15) is 9.59 Å². The second kappa shape index (κ2) is 6.74. The van der Waals surface area contributed by atoms with Crippen LogP contribution >= 0.6 is 27.5 Å². The minimum atomic E-state index is -0.265. The summed E-state index contributed by atoms with van der Waals surface area (Å²) in [5, 5.41) is 5.98. The van der Waals surface area contributed by atoms with Crippen LogP contribution < -0.4 is 10.6 Å². The van der Waals surface area contributed by atoms with Crippen molar-refractivity contribution in [2.24, 2.45) is 0 Å². The predicted octanol–water partition coefficient (Wildman–Crippen LogP) is 4.31. The number of anilines is 2. The molecule has 2 aromatic carbocycles. The lowest BCUT2D eigenvalue weighted by atomic mass is 10.2. The Labute approximate surface area is 135 Å². The first-order chi connectivity index (χ1) is 9.95. The molecule has 0 spiro atoms. The molecule has 0 aromatic heterocycles. The molecular weight excluding hydrogens is 356 g/mol. The van der Waals surface area contributed by atoms with Crippen LogP contribution in [0.15, 0.2) is 46.9 Å². The summed E-state index contributed by atoms with van der Waals surface area (Å²) in [6.45, 7) is 1.43. The molecule has 2 N–H and O–H groups in total. The quantitative estimate of drug-likeness (QED) is 0.849. The van der Waals surface area contributed by atoms with E-state index in [4.69, 9.17) is 11.6 Å². The van der Waals surface area contributed by atoms with Gasteiger partial charge in [-0.3, -0.25) is 9.59 Å². The molecule has 108 valence electrons.